The van der Waals surface area contributed by atoms with E-state index in [0.29, 0.717) is 0 Å². The number of hydrogen-bond donors (Lipinski definition) is 0. The van der Waals surface area contributed by atoms with Crippen molar-refractivity contribution < 1.29 is 9.30 Å². The van der Waals surface area contributed by atoms with Gasteiger partial charge in [0.15, 0.2) is 11.2 Å². The normalized spacial score (nSPS) is 13.1. The van der Waals surface area contributed by atoms with E-state index >= 15 is 0 Å². The largest absolute Gasteiger partial charge is 0.455 e. The molecule has 160 valence electrons. The van der Waals surface area contributed by atoms with E-state index in [1.54, 1.807) is 0 Å². The highest BCUT2D eigenvalue weighted by Gasteiger charge is 2.37. The third kappa shape index (κ3) is 2.74. The third-order valence-electron chi connectivity index (χ3n) is 6.66. The second-order valence-electron chi connectivity index (χ2n) is 10.3. The fourth-order valence-electron chi connectivity index (χ4n) is 4.95. The molecular formula is C28H28N3O+. The van der Waals surface area contributed by atoms with Gasteiger partial charge in [0.2, 0.25) is 0 Å². The van der Waals surface area contributed by atoms with Gasteiger partial charge in [-0.25, -0.2) is 11.1 Å². The summed E-state index contributed by atoms with van der Waals surface area (Å²) in [5, 5.41) is 3.48. The molecule has 2 heterocycles. The molecular weight excluding hydrogens is 394 g/mol. The van der Waals surface area contributed by atoms with E-state index < -0.39 is 5.54 Å². The summed E-state index contributed by atoms with van der Waals surface area (Å²) in [5.41, 5.74) is 5.67. The number of aryl methyl sites for hydroxylation is 2. The van der Waals surface area contributed by atoms with Crippen LogP contribution in [0.25, 0.3) is 37.8 Å². The molecule has 4 aromatic rings. The Morgan fingerprint density at radius 3 is 2.38 bits per heavy atom. The fourth-order valence-corrected chi connectivity index (χ4v) is 4.95. The predicted octanol–water partition coefficient (Wildman–Crippen LogP) is 6.75. The van der Waals surface area contributed by atoms with Crippen LogP contribution in [0.3, 0.4) is 0 Å². The highest BCUT2D eigenvalue weighted by Crippen LogP contribution is 2.53. The van der Waals surface area contributed by atoms with Crippen molar-refractivity contribution in [2.45, 2.75) is 52.5 Å². The summed E-state index contributed by atoms with van der Waals surface area (Å²) < 4.78 is 8.87. The van der Waals surface area contributed by atoms with Crippen LogP contribution in [0, 0.1) is 13.5 Å². The first kappa shape index (κ1) is 20.5. The van der Waals surface area contributed by atoms with Gasteiger partial charge in [0.05, 0.1) is 12.6 Å². The van der Waals surface area contributed by atoms with Crippen molar-refractivity contribution in [3.63, 3.8) is 0 Å². The molecule has 0 unspecified atom stereocenters. The van der Waals surface area contributed by atoms with Crippen molar-refractivity contribution in [3.8, 4) is 22.8 Å². The van der Waals surface area contributed by atoms with Crippen LogP contribution in [0.1, 0.15) is 51.3 Å². The van der Waals surface area contributed by atoms with E-state index in [2.05, 4.69) is 61.4 Å². The average molecular weight is 423 g/mol. The molecule has 0 aliphatic carbocycles. The minimum Gasteiger partial charge on any atom is -0.455 e. The van der Waals surface area contributed by atoms with Gasteiger partial charge in [-0.1, -0.05) is 45.0 Å². The molecule has 0 N–H and O–H groups in total. The highest BCUT2D eigenvalue weighted by molar-refractivity contribution is 6.06. The van der Waals surface area contributed by atoms with Crippen molar-refractivity contribution in [2.75, 3.05) is 0 Å². The molecule has 0 fully saturated rings. The smallest absolute Gasteiger partial charge is 0.287 e. The van der Waals surface area contributed by atoms with E-state index in [4.69, 9.17) is 16.3 Å². The predicted molar refractivity (Wildman–Crippen MR) is 129 cm³/mol. The first-order valence-electron chi connectivity index (χ1n) is 11.0. The monoisotopic (exact) mass is 422 g/mol. The highest BCUT2D eigenvalue weighted by atomic mass is 16.5. The molecule has 4 heteroatoms. The second kappa shape index (κ2) is 6.53. The van der Waals surface area contributed by atoms with Gasteiger partial charge < -0.3 is 9.58 Å². The third-order valence-corrected chi connectivity index (χ3v) is 6.66. The van der Waals surface area contributed by atoms with Crippen molar-refractivity contribution in [1.82, 2.24) is 4.98 Å². The Hall–Kier alpha value is -3.45. The van der Waals surface area contributed by atoms with E-state index in [1.165, 1.54) is 21.9 Å². The van der Waals surface area contributed by atoms with Gasteiger partial charge in [0.1, 0.15) is 16.9 Å². The SMILES string of the molecule is [C-]#[N+]C(C)(C)c1cc2c3c([n+](C)cnc3c1)-c1c(c(C(C)(C)C)c3ccccc3c1C)O2. The summed E-state index contributed by atoms with van der Waals surface area (Å²) in [7, 11) is 2.04. The van der Waals surface area contributed by atoms with E-state index in [1.807, 2.05) is 39.4 Å². The molecule has 0 bridgehead atoms. The van der Waals surface area contributed by atoms with Crippen LogP contribution in [0.5, 0.6) is 11.5 Å². The zero-order valence-corrected chi connectivity index (χ0v) is 19.8. The van der Waals surface area contributed by atoms with Crippen LogP contribution in [0.4, 0.5) is 0 Å². The van der Waals surface area contributed by atoms with Gasteiger partial charge in [-0.15, -0.1) is 0 Å². The van der Waals surface area contributed by atoms with Crippen LogP contribution in [-0.4, -0.2) is 4.98 Å². The average Bonchev–Trinajstić information content (AvgIpc) is 2.74. The molecule has 1 aromatic heterocycles. The number of aromatic nitrogens is 2. The van der Waals surface area contributed by atoms with E-state index in [-0.39, 0.29) is 5.41 Å². The summed E-state index contributed by atoms with van der Waals surface area (Å²) >= 11 is 0. The van der Waals surface area contributed by atoms with Gasteiger partial charge in [0.25, 0.3) is 11.9 Å². The van der Waals surface area contributed by atoms with Crippen molar-refractivity contribution in [3.05, 3.63) is 70.8 Å². The summed E-state index contributed by atoms with van der Waals surface area (Å²) in [6.07, 6.45) is 1.87. The molecule has 1 aliphatic rings. The Bertz CT molecular complexity index is 1480. The topological polar surface area (TPSA) is 30.4 Å². The Morgan fingerprint density at radius 2 is 1.72 bits per heavy atom. The maximum Gasteiger partial charge on any atom is 0.287 e. The van der Waals surface area contributed by atoms with Gasteiger partial charge in [-0.2, -0.15) is 0 Å². The van der Waals surface area contributed by atoms with Crippen LogP contribution >= 0.6 is 0 Å². The van der Waals surface area contributed by atoms with Crippen LogP contribution < -0.4 is 9.30 Å². The van der Waals surface area contributed by atoms with Gasteiger partial charge in [-0.3, -0.25) is 0 Å². The standard InChI is InChI=1S/C28H28N3O/c1-16-18-11-9-10-12-19(18)24(27(2,3)4)26-22(16)25-23-20(30-15-31(25)8)13-17(14-21(23)32-26)28(5,6)29-7/h9-15H,1-6,8H3/q+1. The molecule has 0 radical (unpaired) electrons. The van der Waals surface area contributed by atoms with Crippen LogP contribution in [-0.2, 0) is 18.0 Å². The fraction of sp³-hybridized carbons (Fsp3) is 0.321. The molecule has 0 atom stereocenters. The van der Waals surface area contributed by atoms with Gasteiger partial charge in [0, 0.05) is 31.0 Å². The van der Waals surface area contributed by atoms with Crippen molar-refractivity contribution in [2.24, 2.45) is 7.05 Å². The Kier molecular flexibility index (Phi) is 4.17. The number of hydrogen-bond acceptors (Lipinski definition) is 2. The van der Waals surface area contributed by atoms with E-state index in [9.17, 15) is 0 Å². The summed E-state index contributed by atoms with van der Waals surface area (Å²) in [4.78, 5) is 8.56. The summed E-state index contributed by atoms with van der Waals surface area (Å²) in [6.45, 7) is 20.5. The molecule has 4 nitrogen and oxygen atoms in total. The molecule has 5 rings (SSSR count). The van der Waals surface area contributed by atoms with Crippen LogP contribution in [0.2, 0.25) is 0 Å². The zero-order valence-electron chi connectivity index (χ0n) is 19.8. The Balaban J connectivity index is 1.99. The molecule has 0 spiro atoms. The first-order chi connectivity index (χ1) is 15.0. The summed E-state index contributed by atoms with van der Waals surface area (Å²) in [6, 6.07) is 12.7. The molecule has 0 amide bonds. The maximum atomic E-state index is 7.68. The van der Waals surface area contributed by atoms with Crippen molar-refractivity contribution in [1.29, 1.82) is 0 Å². The zero-order chi connectivity index (χ0) is 23.0. The van der Waals surface area contributed by atoms with Crippen molar-refractivity contribution >= 4 is 21.7 Å². The minimum atomic E-state index is -0.652. The molecule has 32 heavy (non-hydrogen) atoms. The maximum absolute atomic E-state index is 7.68. The quantitative estimate of drug-likeness (QED) is 0.221. The number of fused-ring (bicyclic) bond motifs is 3. The van der Waals surface area contributed by atoms with Gasteiger partial charge in [-0.05, 0) is 39.7 Å². The lowest BCUT2D eigenvalue weighted by atomic mass is 9.78. The lowest BCUT2D eigenvalue weighted by molar-refractivity contribution is -0.662. The number of nitrogens with zero attached hydrogens (tertiary/aromatic N) is 3. The number of rotatable bonds is 1. The number of ether oxygens (including phenoxy) is 1. The lowest BCUT2D eigenvalue weighted by Gasteiger charge is -2.31. The molecule has 3 aromatic carbocycles. The molecule has 0 saturated heterocycles. The number of benzene rings is 3. The van der Waals surface area contributed by atoms with E-state index in [0.717, 1.165) is 39.2 Å². The molecule has 1 aliphatic heterocycles. The summed E-state index contributed by atoms with van der Waals surface area (Å²) in [5.74, 6) is 1.70. The molecule has 0 saturated carbocycles. The van der Waals surface area contributed by atoms with Gasteiger partial charge >= 0.3 is 0 Å². The Labute approximate surface area is 189 Å². The lowest BCUT2D eigenvalue weighted by Crippen LogP contribution is -2.33. The first-order valence-corrected chi connectivity index (χ1v) is 11.0. The minimum absolute atomic E-state index is 0.118. The second-order valence-corrected chi connectivity index (χ2v) is 10.3. The Morgan fingerprint density at radius 1 is 1.03 bits per heavy atom. The van der Waals surface area contributed by atoms with Crippen LogP contribution in [0.15, 0.2) is 42.7 Å².